The molecule has 1 saturated heterocycles. The van der Waals surface area contributed by atoms with Crippen molar-refractivity contribution in [2.24, 2.45) is 5.10 Å². The highest BCUT2D eigenvalue weighted by Crippen LogP contribution is 2.20. The van der Waals surface area contributed by atoms with Crippen molar-refractivity contribution >= 4 is 23.0 Å². The van der Waals surface area contributed by atoms with E-state index in [2.05, 4.69) is 40.1 Å². The number of hydrogen-bond acceptors (Lipinski definition) is 3. The first-order chi connectivity index (χ1) is 10.8. The molecular formula is C17H23N3OS. The molecule has 1 heterocycles. The smallest absolute Gasteiger partial charge is 0.187 e. The van der Waals surface area contributed by atoms with Crippen molar-refractivity contribution < 1.29 is 4.74 Å². The monoisotopic (exact) mass is 317 g/mol. The number of fused-ring (bicyclic) bond motifs is 1. The summed E-state index contributed by atoms with van der Waals surface area (Å²) in [7, 11) is 0. The topological polar surface area (TPSA) is 45.6 Å². The SMILES string of the molecule is S=C(NC[C@H]1CCCO1)N/N=C1\CCCCc2ccccc21. The van der Waals surface area contributed by atoms with Crippen LogP contribution in [0.25, 0.3) is 0 Å². The first kappa shape index (κ1) is 15.4. The van der Waals surface area contributed by atoms with E-state index in [0.717, 1.165) is 44.5 Å². The van der Waals surface area contributed by atoms with Gasteiger partial charge in [-0.1, -0.05) is 24.3 Å². The van der Waals surface area contributed by atoms with Gasteiger partial charge in [-0.15, -0.1) is 0 Å². The van der Waals surface area contributed by atoms with Crippen LogP contribution < -0.4 is 10.7 Å². The number of aryl methyl sites for hydroxylation is 1. The predicted molar refractivity (Wildman–Crippen MR) is 93.2 cm³/mol. The Balaban J connectivity index is 1.58. The lowest BCUT2D eigenvalue weighted by Gasteiger charge is -2.13. The third-order valence-corrected chi connectivity index (χ3v) is 4.48. The summed E-state index contributed by atoms with van der Waals surface area (Å²) < 4.78 is 5.58. The first-order valence-corrected chi connectivity index (χ1v) is 8.54. The molecule has 2 N–H and O–H groups in total. The Morgan fingerprint density at radius 2 is 2.09 bits per heavy atom. The molecule has 0 saturated carbocycles. The third kappa shape index (κ3) is 4.05. The zero-order valence-electron chi connectivity index (χ0n) is 12.8. The van der Waals surface area contributed by atoms with Crippen LogP contribution in [0, 0.1) is 0 Å². The van der Waals surface area contributed by atoms with E-state index < -0.39 is 0 Å². The maximum atomic E-state index is 5.58. The van der Waals surface area contributed by atoms with E-state index in [9.17, 15) is 0 Å². The Kier molecular flexibility index (Phi) is 5.40. The molecule has 0 unspecified atom stereocenters. The lowest BCUT2D eigenvalue weighted by atomic mass is 10.0. The van der Waals surface area contributed by atoms with Gasteiger partial charge < -0.3 is 10.1 Å². The summed E-state index contributed by atoms with van der Waals surface area (Å²) in [6.07, 6.45) is 7.06. The molecule has 1 aliphatic heterocycles. The van der Waals surface area contributed by atoms with Crippen molar-refractivity contribution in [2.75, 3.05) is 13.2 Å². The quantitative estimate of drug-likeness (QED) is 0.511. The van der Waals surface area contributed by atoms with Gasteiger partial charge in [0, 0.05) is 18.7 Å². The van der Waals surface area contributed by atoms with Crippen molar-refractivity contribution in [3.63, 3.8) is 0 Å². The molecule has 0 radical (unpaired) electrons. The average Bonchev–Trinajstić information content (AvgIpc) is 2.98. The molecule has 118 valence electrons. The Morgan fingerprint density at radius 3 is 2.95 bits per heavy atom. The number of hydrazone groups is 1. The summed E-state index contributed by atoms with van der Waals surface area (Å²) in [5.74, 6) is 0. The van der Waals surface area contributed by atoms with Gasteiger partial charge >= 0.3 is 0 Å². The average molecular weight is 317 g/mol. The largest absolute Gasteiger partial charge is 0.376 e. The Bertz CT molecular complexity index is 553. The minimum absolute atomic E-state index is 0.283. The molecular weight excluding hydrogens is 294 g/mol. The molecule has 4 nitrogen and oxygen atoms in total. The van der Waals surface area contributed by atoms with Gasteiger partial charge in [0.15, 0.2) is 5.11 Å². The maximum absolute atomic E-state index is 5.58. The predicted octanol–water partition coefficient (Wildman–Crippen LogP) is 2.76. The fourth-order valence-corrected chi connectivity index (χ4v) is 3.18. The molecule has 0 spiro atoms. The summed E-state index contributed by atoms with van der Waals surface area (Å²) >= 11 is 5.30. The van der Waals surface area contributed by atoms with E-state index in [1.807, 2.05) is 0 Å². The van der Waals surface area contributed by atoms with Crippen LogP contribution in [0.15, 0.2) is 29.4 Å². The van der Waals surface area contributed by atoms with E-state index >= 15 is 0 Å². The number of thiocarbonyl (C=S) groups is 1. The van der Waals surface area contributed by atoms with Crippen molar-refractivity contribution in [1.82, 2.24) is 10.7 Å². The second kappa shape index (κ2) is 7.70. The third-order valence-electron chi connectivity index (χ3n) is 4.24. The van der Waals surface area contributed by atoms with E-state index in [1.165, 1.54) is 24.0 Å². The standard InChI is InChI=1S/C17H23N3OS/c22-17(18-12-14-8-5-11-21-14)20-19-16-10-4-2-7-13-6-1-3-9-15(13)16/h1,3,6,9,14H,2,4-5,7-8,10-12H2,(H2,18,20,22)/b19-16+/t14-/m1/s1. The number of nitrogens with one attached hydrogen (secondary N) is 2. The highest BCUT2D eigenvalue weighted by Gasteiger charge is 2.16. The van der Waals surface area contributed by atoms with Gasteiger partial charge in [0.25, 0.3) is 0 Å². The lowest BCUT2D eigenvalue weighted by Crippen LogP contribution is -2.37. The van der Waals surface area contributed by atoms with Gasteiger partial charge in [-0.2, -0.15) is 5.10 Å². The minimum atomic E-state index is 0.283. The van der Waals surface area contributed by atoms with Crippen molar-refractivity contribution in [2.45, 2.75) is 44.6 Å². The van der Waals surface area contributed by atoms with E-state index in [4.69, 9.17) is 17.0 Å². The maximum Gasteiger partial charge on any atom is 0.187 e. The summed E-state index contributed by atoms with van der Waals surface area (Å²) in [5, 5.41) is 8.32. The molecule has 1 aromatic carbocycles. The fourth-order valence-electron chi connectivity index (χ4n) is 3.05. The summed E-state index contributed by atoms with van der Waals surface area (Å²) in [4.78, 5) is 0. The Labute approximate surface area is 137 Å². The van der Waals surface area contributed by atoms with Crippen LogP contribution in [0.1, 0.15) is 43.2 Å². The molecule has 5 heteroatoms. The summed E-state index contributed by atoms with van der Waals surface area (Å²) in [6, 6.07) is 8.53. The molecule has 1 aliphatic carbocycles. The number of ether oxygens (including phenoxy) is 1. The normalized spacial score (nSPS) is 22.9. The zero-order chi connectivity index (χ0) is 15.2. The van der Waals surface area contributed by atoms with Gasteiger partial charge in [-0.05, 0) is 56.3 Å². The number of hydrogen-bond donors (Lipinski definition) is 2. The molecule has 1 aromatic rings. The Morgan fingerprint density at radius 1 is 1.23 bits per heavy atom. The zero-order valence-corrected chi connectivity index (χ0v) is 13.6. The van der Waals surface area contributed by atoms with Gasteiger partial charge in [0.2, 0.25) is 0 Å². The van der Waals surface area contributed by atoms with Gasteiger partial charge in [-0.25, -0.2) is 0 Å². The van der Waals surface area contributed by atoms with Crippen LogP contribution in [0.4, 0.5) is 0 Å². The minimum Gasteiger partial charge on any atom is -0.376 e. The summed E-state index contributed by atoms with van der Waals surface area (Å²) in [5.41, 5.74) is 6.75. The molecule has 0 bridgehead atoms. The number of nitrogens with zero attached hydrogens (tertiary/aromatic N) is 1. The van der Waals surface area contributed by atoms with Gasteiger partial charge in [0.05, 0.1) is 11.8 Å². The Hall–Kier alpha value is -1.46. The molecule has 0 amide bonds. The van der Waals surface area contributed by atoms with Crippen LogP contribution in [-0.4, -0.2) is 30.1 Å². The van der Waals surface area contributed by atoms with Crippen molar-refractivity contribution in [1.29, 1.82) is 0 Å². The van der Waals surface area contributed by atoms with Gasteiger partial charge in [0.1, 0.15) is 0 Å². The van der Waals surface area contributed by atoms with E-state index in [-0.39, 0.29) is 6.10 Å². The highest BCUT2D eigenvalue weighted by atomic mass is 32.1. The highest BCUT2D eigenvalue weighted by molar-refractivity contribution is 7.80. The second-order valence-electron chi connectivity index (χ2n) is 5.88. The van der Waals surface area contributed by atoms with Gasteiger partial charge in [-0.3, -0.25) is 5.43 Å². The van der Waals surface area contributed by atoms with Crippen molar-refractivity contribution in [3.05, 3.63) is 35.4 Å². The molecule has 1 fully saturated rings. The molecule has 2 aliphatic rings. The van der Waals surface area contributed by atoms with E-state index in [0.29, 0.717) is 5.11 Å². The molecule has 3 rings (SSSR count). The van der Waals surface area contributed by atoms with Crippen LogP contribution in [0.3, 0.4) is 0 Å². The molecule has 22 heavy (non-hydrogen) atoms. The van der Waals surface area contributed by atoms with Crippen LogP contribution in [-0.2, 0) is 11.2 Å². The van der Waals surface area contributed by atoms with E-state index in [1.54, 1.807) is 0 Å². The number of benzene rings is 1. The lowest BCUT2D eigenvalue weighted by molar-refractivity contribution is 0.114. The first-order valence-electron chi connectivity index (χ1n) is 8.13. The second-order valence-corrected chi connectivity index (χ2v) is 6.29. The summed E-state index contributed by atoms with van der Waals surface area (Å²) in [6.45, 7) is 1.62. The van der Waals surface area contributed by atoms with Crippen LogP contribution >= 0.6 is 12.2 Å². The van der Waals surface area contributed by atoms with Crippen LogP contribution in [0.2, 0.25) is 0 Å². The van der Waals surface area contributed by atoms with Crippen LogP contribution in [0.5, 0.6) is 0 Å². The number of rotatable bonds is 3. The fraction of sp³-hybridized carbons (Fsp3) is 0.529. The van der Waals surface area contributed by atoms with Crippen molar-refractivity contribution in [3.8, 4) is 0 Å². The molecule has 0 aromatic heterocycles. The molecule has 1 atom stereocenters.